The maximum atomic E-state index is 12.9. The Hall–Kier alpha value is -3.15. The number of benzene rings is 1. The zero-order valence-electron chi connectivity index (χ0n) is 13.1. The average Bonchev–Trinajstić information content (AvgIpc) is 2.61. The highest BCUT2D eigenvalue weighted by Gasteiger charge is 2.26. The number of pyridine rings is 1. The lowest BCUT2D eigenvalue weighted by atomic mass is 10.2. The van der Waals surface area contributed by atoms with Crippen LogP contribution in [0, 0.1) is 6.92 Å². The molecule has 1 aliphatic heterocycles. The lowest BCUT2D eigenvalue weighted by molar-refractivity contribution is 0.0974. The number of fused-ring (bicyclic) bond motifs is 2. The molecule has 0 bridgehead atoms. The molecule has 6 nitrogen and oxygen atoms in total. The van der Waals surface area contributed by atoms with Crippen molar-refractivity contribution in [2.24, 2.45) is 0 Å². The summed E-state index contributed by atoms with van der Waals surface area (Å²) in [5, 5.41) is 0. The van der Waals surface area contributed by atoms with E-state index in [0.29, 0.717) is 30.2 Å². The van der Waals surface area contributed by atoms with Crippen molar-refractivity contribution in [3.63, 3.8) is 0 Å². The molecule has 1 aliphatic rings. The van der Waals surface area contributed by atoms with Crippen molar-refractivity contribution in [2.75, 3.05) is 18.1 Å². The van der Waals surface area contributed by atoms with Crippen LogP contribution in [0.4, 0.5) is 5.69 Å². The van der Waals surface area contributed by atoms with Crippen LogP contribution < -0.4 is 15.2 Å². The fraction of sp³-hybridized carbons (Fsp3) is 0.167. The van der Waals surface area contributed by atoms with Crippen molar-refractivity contribution in [1.82, 2.24) is 9.38 Å². The molecule has 120 valence electrons. The maximum Gasteiger partial charge on any atom is 0.270 e. The number of amides is 1. The molecule has 0 N–H and O–H groups in total. The molecule has 4 rings (SSSR count). The predicted octanol–water partition coefficient (Wildman–Crippen LogP) is 2.04. The van der Waals surface area contributed by atoms with E-state index in [1.165, 1.54) is 10.6 Å². The smallest absolute Gasteiger partial charge is 0.270 e. The minimum Gasteiger partial charge on any atom is -0.490 e. The average molecular weight is 321 g/mol. The number of para-hydroxylation sites is 2. The van der Waals surface area contributed by atoms with E-state index in [4.69, 9.17) is 4.74 Å². The van der Waals surface area contributed by atoms with E-state index in [-0.39, 0.29) is 17.0 Å². The van der Waals surface area contributed by atoms with Crippen LogP contribution >= 0.6 is 0 Å². The Labute approximate surface area is 137 Å². The second-order valence-electron chi connectivity index (χ2n) is 5.68. The van der Waals surface area contributed by atoms with Crippen LogP contribution in [0.5, 0.6) is 5.75 Å². The molecule has 24 heavy (non-hydrogen) atoms. The number of anilines is 1. The number of aryl methyl sites for hydroxylation is 1. The monoisotopic (exact) mass is 321 g/mol. The fourth-order valence-electron chi connectivity index (χ4n) is 2.85. The summed E-state index contributed by atoms with van der Waals surface area (Å²) in [5.41, 5.74) is 1.88. The van der Waals surface area contributed by atoms with Crippen LogP contribution in [0.2, 0.25) is 0 Å². The molecule has 0 atom stereocenters. The maximum absolute atomic E-state index is 12.9. The first kappa shape index (κ1) is 14.4. The van der Waals surface area contributed by atoms with Gasteiger partial charge < -0.3 is 9.64 Å². The Balaban J connectivity index is 1.81. The first-order valence-corrected chi connectivity index (χ1v) is 7.67. The third-order valence-electron chi connectivity index (χ3n) is 4.07. The van der Waals surface area contributed by atoms with Crippen LogP contribution in [0.3, 0.4) is 0 Å². The van der Waals surface area contributed by atoms with E-state index in [1.807, 2.05) is 37.3 Å². The van der Waals surface area contributed by atoms with Crippen molar-refractivity contribution in [3.8, 4) is 5.75 Å². The molecular weight excluding hydrogens is 306 g/mol. The summed E-state index contributed by atoms with van der Waals surface area (Å²) in [6.07, 6.45) is 3.00. The highest BCUT2D eigenvalue weighted by atomic mass is 16.5. The summed E-state index contributed by atoms with van der Waals surface area (Å²) in [4.78, 5) is 31.4. The summed E-state index contributed by atoms with van der Waals surface area (Å²) < 4.78 is 6.96. The summed E-state index contributed by atoms with van der Waals surface area (Å²) in [7, 11) is 0. The largest absolute Gasteiger partial charge is 0.490 e. The highest BCUT2D eigenvalue weighted by molar-refractivity contribution is 6.06. The van der Waals surface area contributed by atoms with Crippen molar-refractivity contribution < 1.29 is 9.53 Å². The quantitative estimate of drug-likeness (QED) is 0.688. The Morgan fingerprint density at radius 2 is 2.08 bits per heavy atom. The predicted molar refractivity (Wildman–Crippen MR) is 89.8 cm³/mol. The molecule has 1 aromatic carbocycles. The topological polar surface area (TPSA) is 63.9 Å². The van der Waals surface area contributed by atoms with Crippen molar-refractivity contribution in [2.45, 2.75) is 6.92 Å². The standard InChI is InChI=1S/C18H15N3O3/c1-12-6-7-21-16(10-12)19-11-13(18(21)23)17(22)20-8-9-24-15-5-3-2-4-14(15)20/h2-7,10-11H,8-9H2,1H3. The van der Waals surface area contributed by atoms with E-state index < -0.39 is 0 Å². The number of rotatable bonds is 1. The molecule has 2 aromatic heterocycles. The number of carbonyl (C=O) groups is 1. The van der Waals surface area contributed by atoms with Crippen LogP contribution in [-0.2, 0) is 0 Å². The zero-order chi connectivity index (χ0) is 16.7. The second kappa shape index (κ2) is 5.49. The normalized spacial score (nSPS) is 13.5. The zero-order valence-corrected chi connectivity index (χ0v) is 13.1. The van der Waals surface area contributed by atoms with Crippen LogP contribution in [0.25, 0.3) is 5.65 Å². The summed E-state index contributed by atoms with van der Waals surface area (Å²) in [6, 6.07) is 10.9. The molecule has 3 heterocycles. The Bertz CT molecular complexity index is 1010. The molecule has 0 radical (unpaired) electrons. The lowest BCUT2D eigenvalue weighted by Crippen LogP contribution is -2.40. The van der Waals surface area contributed by atoms with Gasteiger partial charge in [-0.15, -0.1) is 0 Å². The van der Waals surface area contributed by atoms with Crippen molar-refractivity contribution in [3.05, 3.63) is 70.3 Å². The minimum atomic E-state index is -0.367. The van der Waals surface area contributed by atoms with Gasteiger partial charge in [0.15, 0.2) is 0 Å². The molecule has 0 fully saturated rings. The molecule has 3 aromatic rings. The Kier molecular flexibility index (Phi) is 3.30. The number of aromatic nitrogens is 2. The van der Waals surface area contributed by atoms with Gasteiger partial charge in [-0.2, -0.15) is 0 Å². The molecule has 0 aliphatic carbocycles. The van der Waals surface area contributed by atoms with Crippen molar-refractivity contribution >= 4 is 17.2 Å². The number of carbonyl (C=O) groups excluding carboxylic acids is 1. The van der Waals surface area contributed by atoms with Gasteiger partial charge in [0.2, 0.25) is 0 Å². The Morgan fingerprint density at radius 1 is 1.25 bits per heavy atom. The van der Waals surface area contributed by atoms with Gasteiger partial charge in [-0.1, -0.05) is 12.1 Å². The van der Waals surface area contributed by atoms with Gasteiger partial charge in [-0.05, 0) is 36.8 Å². The SMILES string of the molecule is Cc1ccn2c(=O)c(C(=O)N3CCOc4ccccc43)cnc2c1. The van der Waals surface area contributed by atoms with Crippen molar-refractivity contribution in [1.29, 1.82) is 0 Å². The first-order chi connectivity index (χ1) is 11.6. The van der Waals surface area contributed by atoms with Crippen LogP contribution in [-0.4, -0.2) is 28.4 Å². The highest BCUT2D eigenvalue weighted by Crippen LogP contribution is 2.31. The van der Waals surface area contributed by atoms with Gasteiger partial charge in [0.05, 0.1) is 12.2 Å². The molecule has 0 spiro atoms. The third kappa shape index (κ3) is 2.23. The van der Waals surface area contributed by atoms with E-state index in [2.05, 4.69) is 4.98 Å². The third-order valence-corrected chi connectivity index (χ3v) is 4.07. The number of ether oxygens (including phenoxy) is 1. The second-order valence-corrected chi connectivity index (χ2v) is 5.68. The fourth-order valence-corrected chi connectivity index (χ4v) is 2.85. The number of nitrogens with zero attached hydrogens (tertiary/aromatic N) is 3. The van der Waals surface area contributed by atoms with E-state index in [9.17, 15) is 9.59 Å². The molecule has 0 unspecified atom stereocenters. The molecule has 0 saturated heterocycles. The molecule has 6 heteroatoms. The van der Waals surface area contributed by atoms with Crippen LogP contribution in [0.15, 0.2) is 53.6 Å². The molecular formula is C18H15N3O3. The molecule has 1 amide bonds. The van der Waals surface area contributed by atoms with Gasteiger partial charge in [-0.3, -0.25) is 14.0 Å². The summed E-state index contributed by atoms with van der Waals surface area (Å²) in [6.45, 7) is 2.71. The molecule has 0 saturated carbocycles. The van der Waals surface area contributed by atoms with E-state index in [0.717, 1.165) is 5.56 Å². The van der Waals surface area contributed by atoms with Gasteiger partial charge in [0.1, 0.15) is 23.6 Å². The van der Waals surface area contributed by atoms with Gasteiger partial charge in [0.25, 0.3) is 11.5 Å². The lowest BCUT2D eigenvalue weighted by Gasteiger charge is -2.29. The van der Waals surface area contributed by atoms with Gasteiger partial charge in [0, 0.05) is 12.4 Å². The van der Waals surface area contributed by atoms with E-state index >= 15 is 0 Å². The number of hydrogen-bond acceptors (Lipinski definition) is 4. The Morgan fingerprint density at radius 3 is 2.96 bits per heavy atom. The number of hydrogen-bond donors (Lipinski definition) is 0. The summed E-state index contributed by atoms with van der Waals surface area (Å²) >= 11 is 0. The minimum absolute atomic E-state index is 0.0491. The summed E-state index contributed by atoms with van der Waals surface area (Å²) in [5.74, 6) is 0.278. The van der Waals surface area contributed by atoms with Gasteiger partial charge >= 0.3 is 0 Å². The van der Waals surface area contributed by atoms with Gasteiger partial charge in [-0.25, -0.2) is 4.98 Å². The first-order valence-electron chi connectivity index (χ1n) is 7.67. The van der Waals surface area contributed by atoms with Crippen LogP contribution in [0.1, 0.15) is 15.9 Å². The van der Waals surface area contributed by atoms with E-state index in [1.54, 1.807) is 17.2 Å².